The van der Waals surface area contributed by atoms with Gasteiger partial charge in [-0.15, -0.1) is 0 Å². The van der Waals surface area contributed by atoms with Crippen molar-refractivity contribution in [2.75, 3.05) is 7.11 Å². The van der Waals surface area contributed by atoms with E-state index in [4.69, 9.17) is 4.74 Å². The molecular formula is C17H15IN2O. The first-order chi connectivity index (χ1) is 10.3. The van der Waals surface area contributed by atoms with Crippen molar-refractivity contribution in [3.8, 4) is 17.1 Å². The normalized spacial score (nSPS) is 10.6. The third-order valence-electron chi connectivity index (χ3n) is 3.33. The largest absolute Gasteiger partial charge is 0.496 e. The molecule has 0 N–H and O–H groups in total. The highest BCUT2D eigenvalue weighted by atomic mass is 127. The molecular weight excluding hydrogens is 375 g/mol. The second kappa shape index (κ2) is 6.30. The molecule has 0 spiro atoms. The Labute approximate surface area is 137 Å². The van der Waals surface area contributed by atoms with Crippen molar-refractivity contribution < 1.29 is 4.74 Å². The van der Waals surface area contributed by atoms with E-state index in [-0.39, 0.29) is 0 Å². The zero-order valence-corrected chi connectivity index (χ0v) is 13.8. The molecule has 3 rings (SSSR count). The lowest BCUT2D eigenvalue weighted by molar-refractivity contribution is 0.408. The van der Waals surface area contributed by atoms with Crippen LogP contribution in [0.5, 0.6) is 5.75 Å². The van der Waals surface area contributed by atoms with E-state index in [0.717, 1.165) is 29.2 Å². The molecule has 4 heteroatoms. The van der Waals surface area contributed by atoms with Crippen LogP contribution >= 0.6 is 22.6 Å². The Bertz CT molecular complexity index is 752. The van der Waals surface area contributed by atoms with Crippen LogP contribution in [-0.4, -0.2) is 16.7 Å². The summed E-state index contributed by atoms with van der Waals surface area (Å²) < 4.78 is 8.77. The molecule has 0 aliphatic rings. The maximum absolute atomic E-state index is 5.42. The molecule has 2 aromatic carbocycles. The van der Waals surface area contributed by atoms with E-state index in [1.807, 2.05) is 30.6 Å². The molecule has 3 aromatic rings. The molecule has 0 radical (unpaired) electrons. The fourth-order valence-electron chi connectivity index (χ4n) is 2.34. The van der Waals surface area contributed by atoms with Crippen molar-refractivity contribution in [2.24, 2.45) is 0 Å². The molecule has 0 amide bonds. The quantitative estimate of drug-likeness (QED) is 0.624. The van der Waals surface area contributed by atoms with Gasteiger partial charge in [-0.05, 0) is 40.8 Å². The molecule has 106 valence electrons. The number of ether oxygens (including phenoxy) is 1. The standard InChI is InChI=1S/C17H15IN2O/c1-21-16-8-3-2-5-14(16)12-20-10-9-19-17(20)13-6-4-7-15(18)11-13/h2-11H,12H2,1H3. The molecule has 0 unspecified atom stereocenters. The fourth-order valence-corrected chi connectivity index (χ4v) is 2.88. The first-order valence-electron chi connectivity index (χ1n) is 6.67. The summed E-state index contributed by atoms with van der Waals surface area (Å²) in [6, 6.07) is 16.4. The van der Waals surface area contributed by atoms with Gasteiger partial charge in [-0.3, -0.25) is 0 Å². The van der Waals surface area contributed by atoms with Gasteiger partial charge in [-0.1, -0.05) is 30.3 Å². The summed E-state index contributed by atoms with van der Waals surface area (Å²) in [7, 11) is 1.70. The number of halogens is 1. The minimum absolute atomic E-state index is 0.741. The van der Waals surface area contributed by atoms with Crippen molar-refractivity contribution in [1.82, 2.24) is 9.55 Å². The van der Waals surface area contributed by atoms with Crippen LogP contribution in [0.1, 0.15) is 5.56 Å². The summed E-state index contributed by atoms with van der Waals surface area (Å²) in [5.74, 6) is 1.87. The number of hydrogen-bond donors (Lipinski definition) is 0. The number of nitrogens with zero attached hydrogens (tertiary/aromatic N) is 2. The number of rotatable bonds is 4. The zero-order chi connectivity index (χ0) is 14.7. The van der Waals surface area contributed by atoms with Crippen LogP contribution in [0.15, 0.2) is 60.9 Å². The van der Waals surface area contributed by atoms with Crippen LogP contribution in [0.2, 0.25) is 0 Å². The van der Waals surface area contributed by atoms with Gasteiger partial charge in [0.2, 0.25) is 0 Å². The van der Waals surface area contributed by atoms with Crippen molar-refractivity contribution in [3.63, 3.8) is 0 Å². The first-order valence-corrected chi connectivity index (χ1v) is 7.75. The van der Waals surface area contributed by atoms with Gasteiger partial charge in [0.1, 0.15) is 11.6 Å². The maximum atomic E-state index is 5.42. The second-order valence-corrected chi connectivity index (χ2v) is 5.95. The molecule has 21 heavy (non-hydrogen) atoms. The van der Waals surface area contributed by atoms with Crippen LogP contribution in [0.3, 0.4) is 0 Å². The lowest BCUT2D eigenvalue weighted by Gasteiger charge is -2.11. The molecule has 1 heterocycles. The average Bonchev–Trinajstić information content (AvgIpc) is 2.96. The Hall–Kier alpha value is -1.82. The third-order valence-corrected chi connectivity index (χ3v) is 4.00. The first kappa shape index (κ1) is 14.1. The highest BCUT2D eigenvalue weighted by Crippen LogP contribution is 2.23. The summed E-state index contributed by atoms with van der Waals surface area (Å²) >= 11 is 2.32. The molecule has 0 aliphatic carbocycles. The van der Waals surface area contributed by atoms with Gasteiger partial charge < -0.3 is 9.30 Å². The van der Waals surface area contributed by atoms with E-state index in [1.54, 1.807) is 7.11 Å². The number of para-hydroxylation sites is 1. The lowest BCUT2D eigenvalue weighted by Crippen LogP contribution is -2.03. The zero-order valence-electron chi connectivity index (χ0n) is 11.7. The number of aromatic nitrogens is 2. The number of methoxy groups -OCH3 is 1. The Morgan fingerprint density at radius 3 is 2.81 bits per heavy atom. The monoisotopic (exact) mass is 390 g/mol. The fraction of sp³-hybridized carbons (Fsp3) is 0.118. The minimum atomic E-state index is 0.741. The van der Waals surface area contributed by atoms with E-state index in [0.29, 0.717) is 0 Å². The van der Waals surface area contributed by atoms with Crippen molar-refractivity contribution in [1.29, 1.82) is 0 Å². The maximum Gasteiger partial charge on any atom is 0.140 e. The van der Waals surface area contributed by atoms with Crippen molar-refractivity contribution in [3.05, 3.63) is 70.1 Å². The predicted octanol–water partition coefficient (Wildman–Crippen LogP) is 4.21. The highest BCUT2D eigenvalue weighted by Gasteiger charge is 2.09. The summed E-state index contributed by atoms with van der Waals surface area (Å²) in [6.07, 6.45) is 3.84. The highest BCUT2D eigenvalue weighted by molar-refractivity contribution is 14.1. The van der Waals surface area contributed by atoms with Crippen LogP contribution in [0.25, 0.3) is 11.4 Å². The smallest absolute Gasteiger partial charge is 0.140 e. The van der Waals surface area contributed by atoms with E-state index in [2.05, 4.69) is 62.5 Å². The molecule has 3 nitrogen and oxygen atoms in total. The predicted molar refractivity (Wildman–Crippen MR) is 92.5 cm³/mol. The van der Waals surface area contributed by atoms with Gasteiger partial charge in [0.25, 0.3) is 0 Å². The summed E-state index contributed by atoms with van der Waals surface area (Å²) in [5.41, 5.74) is 2.27. The van der Waals surface area contributed by atoms with Gasteiger partial charge in [-0.2, -0.15) is 0 Å². The summed E-state index contributed by atoms with van der Waals surface area (Å²) in [6.45, 7) is 0.741. The lowest BCUT2D eigenvalue weighted by atomic mass is 10.2. The minimum Gasteiger partial charge on any atom is -0.496 e. The van der Waals surface area contributed by atoms with E-state index >= 15 is 0 Å². The van der Waals surface area contributed by atoms with Crippen molar-refractivity contribution in [2.45, 2.75) is 6.54 Å². The van der Waals surface area contributed by atoms with E-state index in [1.165, 1.54) is 3.57 Å². The Balaban J connectivity index is 1.96. The molecule has 1 aromatic heterocycles. The molecule has 0 bridgehead atoms. The molecule has 0 saturated heterocycles. The van der Waals surface area contributed by atoms with Gasteiger partial charge in [0.05, 0.1) is 13.7 Å². The van der Waals surface area contributed by atoms with Crippen LogP contribution in [-0.2, 0) is 6.54 Å². The van der Waals surface area contributed by atoms with Crippen LogP contribution in [0, 0.1) is 3.57 Å². The van der Waals surface area contributed by atoms with Gasteiger partial charge >= 0.3 is 0 Å². The van der Waals surface area contributed by atoms with Gasteiger partial charge in [0.15, 0.2) is 0 Å². The number of benzene rings is 2. The van der Waals surface area contributed by atoms with Crippen molar-refractivity contribution >= 4 is 22.6 Å². The Morgan fingerprint density at radius 2 is 2.00 bits per heavy atom. The molecule has 0 aliphatic heterocycles. The van der Waals surface area contributed by atoms with Gasteiger partial charge in [-0.25, -0.2) is 4.98 Å². The Kier molecular flexibility index (Phi) is 4.24. The summed E-state index contributed by atoms with van der Waals surface area (Å²) in [4.78, 5) is 4.50. The number of hydrogen-bond acceptors (Lipinski definition) is 2. The average molecular weight is 390 g/mol. The molecule has 0 saturated carbocycles. The molecule has 0 atom stereocenters. The van der Waals surface area contributed by atoms with Crippen LogP contribution < -0.4 is 4.74 Å². The second-order valence-electron chi connectivity index (χ2n) is 4.70. The third kappa shape index (κ3) is 3.10. The SMILES string of the molecule is COc1ccccc1Cn1ccnc1-c1cccc(I)c1. The van der Waals surface area contributed by atoms with E-state index in [9.17, 15) is 0 Å². The summed E-state index contributed by atoms with van der Waals surface area (Å²) in [5, 5.41) is 0. The van der Waals surface area contributed by atoms with Gasteiger partial charge in [0, 0.05) is 27.1 Å². The Morgan fingerprint density at radius 1 is 1.14 bits per heavy atom. The van der Waals surface area contributed by atoms with E-state index < -0.39 is 0 Å². The van der Waals surface area contributed by atoms with Crippen LogP contribution in [0.4, 0.5) is 0 Å². The topological polar surface area (TPSA) is 27.1 Å². The molecule has 0 fully saturated rings. The number of imidazole rings is 1.